The van der Waals surface area contributed by atoms with Crippen LogP contribution in [0.15, 0.2) is 12.1 Å². The summed E-state index contributed by atoms with van der Waals surface area (Å²) in [6.45, 7) is 7.79. The lowest BCUT2D eigenvalue weighted by atomic mass is 9.66. The molecule has 0 amide bonds. The second-order valence-electron chi connectivity index (χ2n) is 6.53. The Morgan fingerprint density at radius 2 is 1.83 bits per heavy atom. The Labute approximate surface area is 146 Å². The first-order valence-electron chi connectivity index (χ1n) is 7.32. The fraction of sp³-hybridized carbons (Fsp3) is 0.600. The van der Waals surface area contributed by atoms with Gasteiger partial charge in [-0.2, -0.15) is 0 Å². The summed E-state index contributed by atoms with van der Waals surface area (Å²) in [7, 11) is 0.699. The van der Waals surface area contributed by atoms with Crippen LogP contribution in [0.5, 0.6) is 0 Å². The van der Waals surface area contributed by atoms with E-state index in [2.05, 4.69) is 4.98 Å². The molecule has 1 atom stereocenters. The van der Waals surface area contributed by atoms with Crippen LogP contribution in [-0.4, -0.2) is 36.4 Å². The minimum absolute atomic E-state index is 0.0658. The molecule has 0 N–H and O–H groups in total. The van der Waals surface area contributed by atoms with Crippen LogP contribution >= 0.6 is 23.2 Å². The zero-order valence-electron chi connectivity index (χ0n) is 13.9. The van der Waals surface area contributed by atoms with Crippen molar-refractivity contribution in [1.82, 2.24) is 4.98 Å². The van der Waals surface area contributed by atoms with Gasteiger partial charge in [-0.15, -0.1) is 0 Å². The SMILES string of the molecule is COC(=O)CC(B1OC(C)(C)C(C)(C)O1)c1ccc(Cl)nc1Cl. The van der Waals surface area contributed by atoms with Crippen molar-refractivity contribution in [2.75, 3.05) is 7.11 Å². The van der Waals surface area contributed by atoms with Crippen molar-refractivity contribution in [1.29, 1.82) is 0 Å². The maximum absolute atomic E-state index is 11.8. The first kappa shape index (κ1) is 18.5. The van der Waals surface area contributed by atoms with Gasteiger partial charge in [0.15, 0.2) is 0 Å². The molecular weight excluding hydrogens is 340 g/mol. The molecule has 1 aromatic rings. The number of pyridine rings is 1. The maximum Gasteiger partial charge on any atom is 0.466 e. The van der Waals surface area contributed by atoms with Crippen molar-refractivity contribution in [3.63, 3.8) is 0 Å². The molecule has 1 unspecified atom stereocenters. The zero-order chi connectivity index (χ0) is 17.4. The number of aromatic nitrogens is 1. The average molecular weight is 360 g/mol. The van der Waals surface area contributed by atoms with Crippen LogP contribution in [0.3, 0.4) is 0 Å². The van der Waals surface area contributed by atoms with Gasteiger partial charge in [-0.1, -0.05) is 29.3 Å². The second kappa shape index (κ2) is 6.59. The number of ether oxygens (including phenoxy) is 1. The van der Waals surface area contributed by atoms with Crippen LogP contribution in [-0.2, 0) is 18.8 Å². The summed E-state index contributed by atoms with van der Waals surface area (Å²) in [6.07, 6.45) is 0.0658. The summed E-state index contributed by atoms with van der Waals surface area (Å²) in [6, 6.07) is 3.36. The fourth-order valence-electron chi connectivity index (χ4n) is 2.37. The lowest BCUT2D eigenvalue weighted by molar-refractivity contribution is -0.140. The van der Waals surface area contributed by atoms with Crippen LogP contribution in [0.4, 0.5) is 0 Å². The van der Waals surface area contributed by atoms with E-state index in [1.165, 1.54) is 7.11 Å². The molecular formula is C15H20BCl2NO4. The number of carbonyl (C=O) groups is 1. The van der Waals surface area contributed by atoms with Crippen molar-refractivity contribution in [3.8, 4) is 0 Å². The highest BCUT2D eigenvalue weighted by Crippen LogP contribution is 2.42. The molecule has 5 nitrogen and oxygen atoms in total. The quantitative estimate of drug-likeness (QED) is 0.466. The summed E-state index contributed by atoms with van der Waals surface area (Å²) in [4.78, 5) is 15.9. The van der Waals surface area contributed by atoms with Gasteiger partial charge in [0, 0.05) is 5.82 Å². The molecule has 126 valence electrons. The van der Waals surface area contributed by atoms with Crippen LogP contribution in [0, 0.1) is 0 Å². The van der Waals surface area contributed by atoms with Gasteiger partial charge < -0.3 is 14.0 Å². The molecule has 1 aliphatic rings. The molecule has 2 rings (SSSR count). The summed E-state index contributed by atoms with van der Waals surface area (Å²) < 4.78 is 16.9. The Morgan fingerprint density at radius 3 is 2.30 bits per heavy atom. The van der Waals surface area contributed by atoms with E-state index in [4.69, 9.17) is 37.2 Å². The number of methoxy groups -OCH3 is 1. The normalized spacial score (nSPS) is 20.4. The van der Waals surface area contributed by atoms with Crippen LogP contribution in [0.1, 0.15) is 45.5 Å². The molecule has 0 aromatic carbocycles. The van der Waals surface area contributed by atoms with Crippen molar-refractivity contribution >= 4 is 36.3 Å². The number of carbonyl (C=O) groups excluding carboxylic acids is 1. The predicted molar refractivity (Wildman–Crippen MR) is 89.7 cm³/mol. The van der Waals surface area contributed by atoms with Crippen LogP contribution < -0.4 is 0 Å². The molecule has 8 heteroatoms. The van der Waals surface area contributed by atoms with Crippen LogP contribution in [0.2, 0.25) is 10.3 Å². The number of nitrogens with zero attached hydrogens (tertiary/aromatic N) is 1. The van der Waals surface area contributed by atoms with E-state index < -0.39 is 24.1 Å². The highest BCUT2D eigenvalue weighted by Gasteiger charge is 2.54. The van der Waals surface area contributed by atoms with Crippen molar-refractivity contribution in [3.05, 3.63) is 28.0 Å². The third-order valence-electron chi connectivity index (χ3n) is 4.46. The molecule has 0 spiro atoms. The molecule has 0 saturated carbocycles. The molecule has 2 heterocycles. The van der Waals surface area contributed by atoms with E-state index in [9.17, 15) is 4.79 Å². The Bertz CT molecular complexity index is 593. The predicted octanol–water partition coefficient (Wildman–Crippen LogP) is 3.67. The number of hydrogen-bond acceptors (Lipinski definition) is 5. The van der Waals surface area contributed by atoms with Gasteiger partial charge in [0.05, 0.1) is 24.7 Å². The topological polar surface area (TPSA) is 57.7 Å². The largest absolute Gasteiger partial charge is 0.469 e. The Balaban J connectivity index is 2.38. The molecule has 0 aliphatic carbocycles. The first-order chi connectivity index (χ1) is 10.6. The lowest BCUT2D eigenvalue weighted by Crippen LogP contribution is -2.41. The van der Waals surface area contributed by atoms with Gasteiger partial charge >= 0.3 is 13.1 Å². The Hall–Kier alpha value is -0.815. The molecule has 23 heavy (non-hydrogen) atoms. The maximum atomic E-state index is 11.8. The molecule has 0 radical (unpaired) electrons. The Morgan fingerprint density at radius 1 is 1.26 bits per heavy atom. The monoisotopic (exact) mass is 359 g/mol. The average Bonchev–Trinajstić information content (AvgIpc) is 2.65. The minimum atomic E-state index is -0.639. The van der Waals surface area contributed by atoms with E-state index >= 15 is 0 Å². The summed E-state index contributed by atoms with van der Waals surface area (Å²) >= 11 is 12.1. The van der Waals surface area contributed by atoms with Gasteiger partial charge in [0.2, 0.25) is 0 Å². The molecule has 1 saturated heterocycles. The zero-order valence-corrected chi connectivity index (χ0v) is 15.4. The highest BCUT2D eigenvalue weighted by molar-refractivity contribution is 6.48. The van der Waals surface area contributed by atoms with Gasteiger partial charge in [-0.05, 0) is 39.3 Å². The van der Waals surface area contributed by atoms with Crippen LogP contribution in [0.25, 0.3) is 0 Å². The third-order valence-corrected chi connectivity index (χ3v) is 4.97. The van der Waals surface area contributed by atoms with E-state index in [1.807, 2.05) is 27.7 Å². The standard InChI is InChI=1S/C15H20BCl2NO4/c1-14(2)15(3,4)23-16(22-14)10(8-12(20)21-5)9-6-7-11(17)19-13(9)18/h6-7,10H,8H2,1-5H3. The van der Waals surface area contributed by atoms with E-state index in [0.717, 1.165) is 0 Å². The Kier molecular flexibility index (Phi) is 5.31. The smallest absolute Gasteiger partial charge is 0.466 e. The van der Waals surface area contributed by atoms with E-state index in [-0.39, 0.29) is 22.7 Å². The molecule has 1 fully saturated rings. The van der Waals surface area contributed by atoms with Crippen molar-refractivity contribution in [2.24, 2.45) is 0 Å². The molecule has 1 aliphatic heterocycles. The van der Waals surface area contributed by atoms with Crippen molar-refractivity contribution in [2.45, 2.75) is 51.1 Å². The van der Waals surface area contributed by atoms with Gasteiger partial charge in [-0.25, -0.2) is 4.98 Å². The minimum Gasteiger partial charge on any atom is -0.469 e. The van der Waals surface area contributed by atoms with Gasteiger partial charge in [0.25, 0.3) is 0 Å². The fourth-order valence-corrected chi connectivity index (χ4v) is 2.85. The summed E-state index contributed by atoms with van der Waals surface area (Å²) in [5.41, 5.74) is -0.392. The highest BCUT2D eigenvalue weighted by atomic mass is 35.5. The number of halogens is 2. The number of esters is 1. The van der Waals surface area contributed by atoms with Gasteiger partial charge in [0.1, 0.15) is 10.3 Å². The number of rotatable bonds is 4. The van der Waals surface area contributed by atoms with Crippen molar-refractivity contribution < 1.29 is 18.8 Å². The van der Waals surface area contributed by atoms with E-state index in [0.29, 0.717) is 5.56 Å². The summed E-state index contributed by atoms with van der Waals surface area (Å²) in [5.74, 6) is -0.823. The van der Waals surface area contributed by atoms with Gasteiger partial charge in [-0.3, -0.25) is 4.79 Å². The third kappa shape index (κ3) is 3.82. The van der Waals surface area contributed by atoms with E-state index in [1.54, 1.807) is 12.1 Å². The first-order valence-corrected chi connectivity index (χ1v) is 8.07. The second-order valence-corrected chi connectivity index (χ2v) is 7.27. The molecule has 0 bridgehead atoms. The summed E-state index contributed by atoms with van der Waals surface area (Å²) in [5, 5.41) is 0.505. The number of hydrogen-bond donors (Lipinski definition) is 0. The lowest BCUT2D eigenvalue weighted by Gasteiger charge is -2.32. The molecule has 1 aromatic heterocycles.